The second kappa shape index (κ2) is 6.54. The minimum atomic E-state index is -0.543. The van der Waals surface area contributed by atoms with E-state index in [1.54, 1.807) is 9.80 Å². The molecule has 22 heavy (non-hydrogen) atoms. The Morgan fingerprint density at radius 2 is 1.95 bits per heavy atom. The molecule has 124 valence electrons. The van der Waals surface area contributed by atoms with Gasteiger partial charge < -0.3 is 19.9 Å². The molecule has 0 spiro atoms. The Hall–Kier alpha value is -1.79. The third-order valence-corrected chi connectivity index (χ3v) is 3.77. The molecule has 0 aromatic heterocycles. The predicted octanol–water partition coefficient (Wildman–Crippen LogP) is 0.592. The summed E-state index contributed by atoms with van der Waals surface area (Å²) in [7, 11) is 0. The molecule has 3 amide bonds. The highest BCUT2D eigenvalue weighted by molar-refractivity contribution is 5.87. The van der Waals surface area contributed by atoms with Crippen molar-refractivity contribution in [1.82, 2.24) is 15.1 Å². The van der Waals surface area contributed by atoms with Gasteiger partial charge in [-0.1, -0.05) is 0 Å². The molecule has 0 aromatic carbocycles. The van der Waals surface area contributed by atoms with Gasteiger partial charge in [-0.15, -0.1) is 0 Å². The lowest BCUT2D eigenvalue weighted by molar-refractivity contribution is -0.142. The molecule has 7 heteroatoms. The number of amides is 3. The number of carbonyl (C=O) groups is 3. The lowest BCUT2D eigenvalue weighted by Crippen LogP contribution is -2.54. The van der Waals surface area contributed by atoms with Gasteiger partial charge >= 0.3 is 6.09 Å². The Morgan fingerprint density at radius 1 is 1.23 bits per heavy atom. The average Bonchev–Trinajstić information content (AvgIpc) is 2.45. The quantitative estimate of drug-likeness (QED) is 0.769. The summed E-state index contributed by atoms with van der Waals surface area (Å²) in [5.74, 6) is -0.408. The van der Waals surface area contributed by atoms with Crippen LogP contribution in [0.5, 0.6) is 0 Å². The van der Waals surface area contributed by atoms with Crippen molar-refractivity contribution in [3.63, 3.8) is 0 Å². The Labute approximate surface area is 131 Å². The molecule has 0 unspecified atom stereocenters. The van der Waals surface area contributed by atoms with Crippen LogP contribution < -0.4 is 5.32 Å². The maximum atomic E-state index is 12.5. The van der Waals surface area contributed by atoms with E-state index in [1.165, 1.54) is 0 Å². The highest BCUT2D eigenvalue weighted by Gasteiger charge is 2.34. The SMILES string of the molecule is CC(C)(C)OC(=O)N1CCC[C@H](C(=O)N2CCNC(=O)C2)C1. The summed E-state index contributed by atoms with van der Waals surface area (Å²) in [6.45, 7) is 7.59. The maximum absolute atomic E-state index is 12.5. The van der Waals surface area contributed by atoms with E-state index in [9.17, 15) is 14.4 Å². The molecule has 0 bridgehead atoms. The monoisotopic (exact) mass is 311 g/mol. The second-order valence-electron chi connectivity index (χ2n) is 6.88. The van der Waals surface area contributed by atoms with E-state index in [2.05, 4.69) is 5.32 Å². The van der Waals surface area contributed by atoms with Crippen LogP contribution in [0.4, 0.5) is 4.79 Å². The zero-order valence-electron chi connectivity index (χ0n) is 13.6. The Bertz CT molecular complexity index is 458. The first-order valence-corrected chi connectivity index (χ1v) is 7.80. The summed E-state index contributed by atoms with van der Waals surface area (Å²) >= 11 is 0. The number of piperazine rings is 1. The van der Waals surface area contributed by atoms with Crippen molar-refractivity contribution in [3.8, 4) is 0 Å². The normalized spacial score (nSPS) is 23.0. The van der Waals surface area contributed by atoms with Gasteiger partial charge in [-0.05, 0) is 33.6 Å². The first kappa shape index (κ1) is 16.6. The highest BCUT2D eigenvalue weighted by atomic mass is 16.6. The summed E-state index contributed by atoms with van der Waals surface area (Å²) in [4.78, 5) is 39.2. The van der Waals surface area contributed by atoms with Crippen LogP contribution in [-0.2, 0) is 14.3 Å². The lowest BCUT2D eigenvalue weighted by Gasteiger charge is -2.36. The van der Waals surface area contributed by atoms with Crippen LogP contribution in [0, 0.1) is 5.92 Å². The summed E-state index contributed by atoms with van der Waals surface area (Å²) in [5, 5.41) is 2.71. The molecular formula is C15H25N3O4. The van der Waals surface area contributed by atoms with Crippen LogP contribution in [-0.4, -0.2) is 66.0 Å². The maximum Gasteiger partial charge on any atom is 0.410 e. The summed E-state index contributed by atoms with van der Waals surface area (Å²) in [6.07, 6.45) is 1.15. The molecule has 2 heterocycles. The lowest BCUT2D eigenvalue weighted by atomic mass is 9.96. The number of hydrogen-bond acceptors (Lipinski definition) is 4. The van der Waals surface area contributed by atoms with Crippen LogP contribution in [0.15, 0.2) is 0 Å². The standard InChI is InChI=1S/C15H25N3O4/c1-15(2,3)22-14(21)18-7-4-5-11(9-18)13(20)17-8-6-16-12(19)10-17/h11H,4-10H2,1-3H3,(H,16,19)/t11-/m0/s1. The van der Waals surface area contributed by atoms with E-state index in [1.807, 2.05) is 20.8 Å². The number of nitrogens with zero attached hydrogens (tertiary/aromatic N) is 2. The fraction of sp³-hybridized carbons (Fsp3) is 0.800. The highest BCUT2D eigenvalue weighted by Crippen LogP contribution is 2.21. The second-order valence-corrected chi connectivity index (χ2v) is 6.88. The van der Waals surface area contributed by atoms with Gasteiger partial charge in [0, 0.05) is 26.2 Å². The van der Waals surface area contributed by atoms with E-state index in [0.29, 0.717) is 26.2 Å². The average molecular weight is 311 g/mol. The van der Waals surface area contributed by atoms with E-state index in [4.69, 9.17) is 4.74 Å². The first-order valence-electron chi connectivity index (χ1n) is 7.80. The van der Waals surface area contributed by atoms with Gasteiger partial charge in [0.2, 0.25) is 11.8 Å². The van der Waals surface area contributed by atoms with Gasteiger partial charge in [0.15, 0.2) is 0 Å². The van der Waals surface area contributed by atoms with Gasteiger partial charge in [0.05, 0.1) is 12.5 Å². The zero-order valence-corrected chi connectivity index (χ0v) is 13.6. The molecule has 7 nitrogen and oxygen atoms in total. The molecule has 2 aliphatic rings. The third kappa shape index (κ3) is 4.35. The van der Waals surface area contributed by atoms with Crippen LogP contribution in [0.1, 0.15) is 33.6 Å². The van der Waals surface area contributed by atoms with E-state index in [0.717, 1.165) is 12.8 Å². The fourth-order valence-electron chi connectivity index (χ4n) is 2.76. The number of likely N-dealkylation sites (tertiary alicyclic amines) is 1. The zero-order chi connectivity index (χ0) is 16.3. The molecule has 2 aliphatic heterocycles. The Balaban J connectivity index is 1.93. The number of hydrogen-bond donors (Lipinski definition) is 1. The number of rotatable bonds is 1. The minimum Gasteiger partial charge on any atom is -0.444 e. The minimum absolute atomic E-state index is 0.0388. The topological polar surface area (TPSA) is 79.0 Å². The smallest absolute Gasteiger partial charge is 0.410 e. The molecule has 1 N–H and O–H groups in total. The molecular weight excluding hydrogens is 286 g/mol. The largest absolute Gasteiger partial charge is 0.444 e. The number of carbonyl (C=O) groups excluding carboxylic acids is 3. The summed E-state index contributed by atoms with van der Waals surface area (Å²) in [5.41, 5.74) is -0.543. The van der Waals surface area contributed by atoms with E-state index < -0.39 is 5.60 Å². The Morgan fingerprint density at radius 3 is 2.59 bits per heavy atom. The molecule has 0 radical (unpaired) electrons. The van der Waals surface area contributed by atoms with E-state index >= 15 is 0 Å². The van der Waals surface area contributed by atoms with Crippen molar-refractivity contribution in [2.75, 3.05) is 32.7 Å². The van der Waals surface area contributed by atoms with Crippen LogP contribution in [0.2, 0.25) is 0 Å². The Kier molecular flexibility index (Phi) is 4.93. The van der Waals surface area contributed by atoms with Gasteiger partial charge in [0.25, 0.3) is 0 Å². The van der Waals surface area contributed by atoms with Crippen LogP contribution in [0.3, 0.4) is 0 Å². The number of piperidine rings is 1. The number of nitrogens with one attached hydrogen (secondary N) is 1. The van der Waals surface area contributed by atoms with Crippen molar-refractivity contribution >= 4 is 17.9 Å². The predicted molar refractivity (Wildman–Crippen MR) is 80.1 cm³/mol. The van der Waals surface area contributed by atoms with Crippen molar-refractivity contribution in [2.45, 2.75) is 39.2 Å². The molecule has 2 fully saturated rings. The van der Waals surface area contributed by atoms with Gasteiger partial charge in [0.1, 0.15) is 5.60 Å². The molecule has 0 aliphatic carbocycles. The summed E-state index contributed by atoms with van der Waals surface area (Å²) in [6, 6.07) is 0. The van der Waals surface area contributed by atoms with Crippen LogP contribution in [0.25, 0.3) is 0 Å². The fourth-order valence-corrected chi connectivity index (χ4v) is 2.76. The molecule has 2 rings (SSSR count). The first-order chi connectivity index (χ1) is 10.3. The molecule has 0 aromatic rings. The van der Waals surface area contributed by atoms with Crippen molar-refractivity contribution in [3.05, 3.63) is 0 Å². The van der Waals surface area contributed by atoms with Gasteiger partial charge in [-0.3, -0.25) is 9.59 Å². The van der Waals surface area contributed by atoms with Gasteiger partial charge in [-0.25, -0.2) is 4.79 Å². The van der Waals surface area contributed by atoms with E-state index in [-0.39, 0.29) is 30.4 Å². The number of ether oxygens (including phenoxy) is 1. The van der Waals surface area contributed by atoms with Gasteiger partial charge in [-0.2, -0.15) is 0 Å². The molecule has 1 atom stereocenters. The molecule has 0 saturated carbocycles. The van der Waals surface area contributed by atoms with Crippen LogP contribution >= 0.6 is 0 Å². The van der Waals surface area contributed by atoms with Crippen molar-refractivity contribution < 1.29 is 19.1 Å². The van der Waals surface area contributed by atoms with Crippen molar-refractivity contribution in [1.29, 1.82) is 0 Å². The molecule has 2 saturated heterocycles. The third-order valence-electron chi connectivity index (χ3n) is 3.77. The van der Waals surface area contributed by atoms with Crippen molar-refractivity contribution in [2.24, 2.45) is 5.92 Å². The summed E-state index contributed by atoms with van der Waals surface area (Å²) < 4.78 is 5.37.